The van der Waals surface area contributed by atoms with Gasteiger partial charge in [-0.15, -0.1) is 12.4 Å². The largest absolute Gasteiger partial charge is 0.494 e. The fraction of sp³-hybridized carbons (Fsp3) is 0.500. The van der Waals surface area contributed by atoms with Crippen molar-refractivity contribution in [3.63, 3.8) is 0 Å². The smallest absolute Gasteiger partial charge is 0.407 e. The number of carbonyl (C=O) groups is 1. The number of para-hydroxylation sites is 1. The molecule has 0 bridgehead atoms. The lowest BCUT2D eigenvalue weighted by atomic mass is 10.0. The van der Waals surface area contributed by atoms with Gasteiger partial charge in [-0.2, -0.15) is 0 Å². The molecule has 1 atom stereocenters. The number of likely N-dealkylation sites (tertiary alicyclic amines) is 1. The highest BCUT2D eigenvalue weighted by atomic mass is 35.5. The Morgan fingerprint density at radius 3 is 2.74 bits per heavy atom. The summed E-state index contributed by atoms with van der Waals surface area (Å²) in [7, 11) is 0. The Hall–Kier alpha value is -1.42. The fourth-order valence-corrected chi connectivity index (χ4v) is 2.38. The number of carboxylic acid groups (broad SMARTS) is 1. The van der Waals surface area contributed by atoms with Gasteiger partial charge in [0.1, 0.15) is 5.75 Å². The average molecular weight is 286 g/mol. The van der Waals surface area contributed by atoms with Crippen LogP contribution in [0.2, 0.25) is 0 Å². The molecule has 1 fully saturated rings. The van der Waals surface area contributed by atoms with Crippen LogP contribution in [0.3, 0.4) is 0 Å². The molecule has 1 aliphatic heterocycles. The molecular weight excluding hydrogens is 266 g/mol. The SMILES string of the molecule is Cl.O=C(O)N1CCCC[C@@H]1CCOc1ccccc1. The van der Waals surface area contributed by atoms with Crippen LogP contribution in [0.1, 0.15) is 25.7 Å². The molecule has 4 nitrogen and oxygen atoms in total. The van der Waals surface area contributed by atoms with Gasteiger partial charge in [-0.1, -0.05) is 18.2 Å². The first kappa shape index (κ1) is 15.6. The maximum atomic E-state index is 11.1. The highest BCUT2D eigenvalue weighted by Gasteiger charge is 2.25. The molecule has 0 spiro atoms. The molecule has 0 unspecified atom stereocenters. The maximum absolute atomic E-state index is 11.1. The molecule has 1 heterocycles. The minimum Gasteiger partial charge on any atom is -0.494 e. The lowest BCUT2D eigenvalue weighted by Gasteiger charge is -2.33. The number of piperidine rings is 1. The zero-order valence-electron chi connectivity index (χ0n) is 10.8. The second-order valence-corrected chi connectivity index (χ2v) is 4.58. The summed E-state index contributed by atoms with van der Waals surface area (Å²) < 4.78 is 5.62. The fourth-order valence-electron chi connectivity index (χ4n) is 2.38. The number of benzene rings is 1. The summed E-state index contributed by atoms with van der Waals surface area (Å²) >= 11 is 0. The third-order valence-electron chi connectivity index (χ3n) is 3.34. The van der Waals surface area contributed by atoms with Crippen molar-refractivity contribution in [3.8, 4) is 5.75 Å². The molecule has 106 valence electrons. The second kappa shape index (κ2) is 7.89. The van der Waals surface area contributed by atoms with Gasteiger partial charge in [0.05, 0.1) is 6.61 Å². The van der Waals surface area contributed by atoms with Gasteiger partial charge in [-0.25, -0.2) is 4.79 Å². The van der Waals surface area contributed by atoms with Crippen LogP contribution >= 0.6 is 12.4 Å². The summed E-state index contributed by atoms with van der Waals surface area (Å²) in [6.07, 6.45) is 2.99. The van der Waals surface area contributed by atoms with E-state index < -0.39 is 6.09 Å². The van der Waals surface area contributed by atoms with Crippen molar-refractivity contribution < 1.29 is 14.6 Å². The van der Waals surface area contributed by atoms with Gasteiger partial charge in [0.25, 0.3) is 0 Å². The van der Waals surface area contributed by atoms with E-state index in [9.17, 15) is 4.79 Å². The summed E-state index contributed by atoms with van der Waals surface area (Å²) in [6.45, 7) is 1.23. The number of ether oxygens (including phenoxy) is 1. The average Bonchev–Trinajstić information content (AvgIpc) is 2.40. The van der Waals surface area contributed by atoms with Crippen LogP contribution in [0, 0.1) is 0 Å². The molecule has 2 rings (SSSR count). The van der Waals surface area contributed by atoms with Crippen LogP contribution in [0.5, 0.6) is 5.75 Å². The predicted octanol–water partition coefficient (Wildman–Crippen LogP) is 3.41. The van der Waals surface area contributed by atoms with Gasteiger partial charge in [-0.3, -0.25) is 0 Å². The molecule has 1 aromatic carbocycles. The number of halogens is 1. The zero-order chi connectivity index (χ0) is 12.8. The summed E-state index contributed by atoms with van der Waals surface area (Å²) in [4.78, 5) is 12.6. The van der Waals surface area contributed by atoms with Crippen molar-refractivity contribution in [2.75, 3.05) is 13.2 Å². The van der Waals surface area contributed by atoms with Gasteiger partial charge in [-0.05, 0) is 31.4 Å². The molecule has 1 amide bonds. The topological polar surface area (TPSA) is 49.8 Å². The number of amides is 1. The summed E-state index contributed by atoms with van der Waals surface area (Å²) in [5.41, 5.74) is 0. The minimum absolute atomic E-state index is 0. The second-order valence-electron chi connectivity index (χ2n) is 4.58. The van der Waals surface area contributed by atoms with E-state index in [2.05, 4.69) is 0 Å². The van der Waals surface area contributed by atoms with Crippen molar-refractivity contribution in [2.45, 2.75) is 31.7 Å². The normalized spacial score (nSPS) is 18.5. The van der Waals surface area contributed by atoms with E-state index in [1.54, 1.807) is 4.90 Å². The molecule has 0 saturated carbocycles. The quantitative estimate of drug-likeness (QED) is 0.922. The minimum atomic E-state index is -0.806. The van der Waals surface area contributed by atoms with E-state index in [-0.39, 0.29) is 18.4 Å². The first-order valence-corrected chi connectivity index (χ1v) is 6.45. The maximum Gasteiger partial charge on any atom is 0.407 e. The van der Waals surface area contributed by atoms with Crippen LogP contribution in [-0.4, -0.2) is 35.3 Å². The predicted molar refractivity (Wildman–Crippen MR) is 76.2 cm³/mol. The van der Waals surface area contributed by atoms with Crippen LogP contribution in [-0.2, 0) is 0 Å². The van der Waals surface area contributed by atoms with Crippen LogP contribution in [0.25, 0.3) is 0 Å². The van der Waals surface area contributed by atoms with E-state index in [1.165, 1.54) is 0 Å². The molecular formula is C14H20ClNO3. The monoisotopic (exact) mass is 285 g/mol. The molecule has 1 aromatic rings. The van der Waals surface area contributed by atoms with Gasteiger partial charge in [0.15, 0.2) is 0 Å². The van der Waals surface area contributed by atoms with Crippen LogP contribution in [0.4, 0.5) is 4.79 Å². The number of rotatable bonds is 4. The Labute approximate surface area is 119 Å². The Morgan fingerprint density at radius 2 is 2.05 bits per heavy atom. The third kappa shape index (κ3) is 4.63. The lowest BCUT2D eigenvalue weighted by molar-refractivity contribution is 0.0967. The van der Waals surface area contributed by atoms with E-state index in [1.807, 2.05) is 30.3 Å². The molecule has 0 aromatic heterocycles. The van der Waals surface area contributed by atoms with E-state index in [0.29, 0.717) is 13.2 Å². The summed E-state index contributed by atoms with van der Waals surface area (Å²) in [5.74, 6) is 0.843. The van der Waals surface area contributed by atoms with Gasteiger partial charge >= 0.3 is 6.09 Å². The molecule has 1 N–H and O–H groups in total. The summed E-state index contributed by atoms with van der Waals surface area (Å²) in [6, 6.07) is 9.74. The van der Waals surface area contributed by atoms with Gasteiger partial charge < -0.3 is 14.7 Å². The lowest BCUT2D eigenvalue weighted by Crippen LogP contribution is -2.43. The van der Waals surface area contributed by atoms with E-state index >= 15 is 0 Å². The molecule has 1 aliphatic rings. The van der Waals surface area contributed by atoms with Crippen molar-refractivity contribution in [1.82, 2.24) is 4.90 Å². The van der Waals surface area contributed by atoms with Crippen molar-refractivity contribution in [2.24, 2.45) is 0 Å². The van der Waals surface area contributed by atoms with Crippen molar-refractivity contribution in [3.05, 3.63) is 30.3 Å². The standard InChI is InChI=1S/C14H19NO3.ClH/c16-14(17)15-10-5-4-6-12(15)9-11-18-13-7-2-1-3-8-13;/h1-3,7-8,12H,4-6,9-11H2,(H,16,17);1H/t12-;/m1./s1. The summed E-state index contributed by atoms with van der Waals surface area (Å²) in [5, 5.41) is 9.11. The van der Waals surface area contributed by atoms with E-state index in [0.717, 1.165) is 31.4 Å². The third-order valence-corrected chi connectivity index (χ3v) is 3.34. The van der Waals surface area contributed by atoms with Crippen molar-refractivity contribution >= 4 is 18.5 Å². The highest BCUT2D eigenvalue weighted by Crippen LogP contribution is 2.20. The Bertz CT molecular complexity index is 386. The molecule has 1 saturated heterocycles. The number of nitrogens with zero attached hydrogens (tertiary/aromatic N) is 1. The first-order chi connectivity index (χ1) is 8.77. The molecule has 19 heavy (non-hydrogen) atoms. The molecule has 0 radical (unpaired) electrons. The molecule has 0 aliphatic carbocycles. The van der Waals surface area contributed by atoms with Crippen LogP contribution < -0.4 is 4.74 Å². The first-order valence-electron chi connectivity index (χ1n) is 6.45. The number of hydrogen-bond donors (Lipinski definition) is 1. The Balaban J connectivity index is 0.00000180. The van der Waals surface area contributed by atoms with Gasteiger partial charge in [0, 0.05) is 19.0 Å². The Morgan fingerprint density at radius 1 is 1.32 bits per heavy atom. The molecule has 5 heteroatoms. The van der Waals surface area contributed by atoms with E-state index in [4.69, 9.17) is 9.84 Å². The van der Waals surface area contributed by atoms with Gasteiger partial charge in [0.2, 0.25) is 0 Å². The van der Waals surface area contributed by atoms with Crippen LogP contribution in [0.15, 0.2) is 30.3 Å². The zero-order valence-corrected chi connectivity index (χ0v) is 11.6. The van der Waals surface area contributed by atoms with Crippen molar-refractivity contribution in [1.29, 1.82) is 0 Å². The number of hydrogen-bond acceptors (Lipinski definition) is 2. The Kier molecular flexibility index (Phi) is 6.50. The highest BCUT2D eigenvalue weighted by molar-refractivity contribution is 5.85.